The zero-order valence-corrected chi connectivity index (χ0v) is 10.5. The smallest absolute Gasteiger partial charge is 0.170 e. The lowest BCUT2D eigenvalue weighted by Crippen LogP contribution is -2.49. The van der Waals surface area contributed by atoms with Crippen LogP contribution >= 0.6 is 0 Å². The van der Waals surface area contributed by atoms with E-state index in [-0.39, 0.29) is 5.79 Å². The molecule has 98 valence electrons. The van der Waals surface area contributed by atoms with Gasteiger partial charge in [-0.3, -0.25) is 0 Å². The number of piperidine rings is 1. The summed E-state index contributed by atoms with van der Waals surface area (Å²) in [6, 6.07) is 0. The largest absolute Gasteiger partial charge is 0.389 e. The Labute approximate surface area is 103 Å². The summed E-state index contributed by atoms with van der Waals surface area (Å²) in [7, 11) is 0. The van der Waals surface area contributed by atoms with Crippen LogP contribution in [0, 0.1) is 0 Å². The average Bonchev–Trinajstić information content (AvgIpc) is 2.93. The Morgan fingerprint density at radius 2 is 1.53 bits per heavy atom. The third-order valence-electron chi connectivity index (χ3n) is 4.48. The van der Waals surface area contributed by atoms with E-state index in [1.54, 1.807) is 0 Å². The maximum absolute atomic E-state index is 10.4. The molecule has 0 unspecified atom stereocenters. The molecule has 1 N–H and O–H groups in total. The second kappa shape index (κ2) is 4.50. The van der Waals surface area contributed by atoms with Crippen LogP contribution in [0.4, 0.5) is 0 Å². The molecule has 0 bridgehead atoms. The van der Waals surface area contributed by atoms with E-state index in [4.69, 9.17) is 9.47 Å². The molecule has 17 heavy (non-hydrogen) atoms. The van der Waals surface area contributed by atoms with Gasteiger partial charge in [-0.25, -0.2) is 0 Å². The molecule has 1 spiro atoms. The van der Waals surface area contributed by atoms with Crippen LogP contribution in [0.25, 0.3) is 0 Å². The molecular weight excluding hydrogens is 218 g/mol. The molecule has 2 heterocycles. The van der Waals surface area contributed by atoms with Crippen molar-refractivity contribution in [2.75, 3.05) is 32.8 Å². The molecule has 0 aromatic heterocycles. The van der Waals surface area contributed by atoms with Gasteiger partial charge in [0.2, 0.25) is 0 Å². The van der Waals surface area contributed by atoms with E-state index in [1.165, 1.54) is 12.8 Å². The molecule has 0 radical (unpaired) electrons. The molecule has 3 aliphatic rings. The quantitative estimate of drug-likeness (QED) is 0.787. The lowest BCUT2D eigenvalue weighted by Gasteiger charge is -2.40. The second-order valence-corrected chi connectivity index (χ2v) is 5.82. The molecule has 2 saturated heterocycles. The van der Waals surface area contributed by atoms with Crippen molar-refractivity contribution in [2.45, 2.75) is 49.9 Å². The number of hydrogen-bond acceptors (Lipinski definition) is 4. The highest BCUT2D eigenvalue weighted by Gasteiger charge is 2.41. The van der Waals surface area contributed by atoms with E-state index in [0.29, 0.717) is 0 Å². The van der Waals surface area contributed by atoms with Gasteiger partial charge < -0.3 is 19.5 Å². The van der Waals surface area contributed by atoms with Crippen LogP contribution in [0.1, 0.15) is 38.5 Å². The van der Waals surface area contributed by atoms with Crippen molar-refractivity contribution in [1.29, 1.82) is 0 Å². The number of rotatable bonds is 2. The molecule has 0 aromatic carbocycles. The highest BCUT2D eigenvalue weighted by molar-refractivity contribution is 4.90. The summed E-state index contributed by atoms with van der Waals surface area (Å²) in [5.41, 5.74) is -0.415. The highest BCUT2D eigenvalue weighted by Crippen LogP contribution is 2.34. The third kappa shape index (κ3) is 2.50. The van der Waals surface area contributed by atoms with Crippen molar-refractivity contribution in [3.8, 4) is 0 Å². The van der Waals surface area contributed by atoms with Gasteiger partial charge >= 0.3 is 0 Å². The van der Waals surface area contributed by atoms with Gasteiger partial charge in [0.15, 0.2) is 5.79 Å². The van der Waals surface area contributed by atoms with Crippen LogP contribution in [0.2, 0.25) is 0 Å². The maximum Gasteiger partial charge on any atom is 0.170 e. The van der Waals surface area contributed by atoms with Crippen LogP contribution in [0.15, 0.2) is 0 Å². The lowest BCUT2D eigenvalue weighted by atomic mass is 9.98. The van der Waals surface area contributed by atoms with Gasteiger partial charge in [-0.15, -0.1) is 0 Å². The van der Waals surface area contributed by atoms with Crippen molar-refractivity contribution >= 4 is 0 Å². The average molecular weight is 241 g/mol. The normalized spacial score (nSPS) is 32.3. The fraction of sp³-hybridized carbons (Fsp3) is 1.00. The van der Waals surface area contributed by atoms with E-state index < -0.39 is 5.60 Å². The number of ether oxygens (including phenoxy) is 2. The van der Waals surface area contributed by atoms with Gasteiger partial charge in [-0.2, -0.15) is 0 Å². The second-order valence-electron chi connectivity index (χ2n) is 5.82. The fourth-order valence-corrected chi connectivity index (χ4v) is 3.44. The summed E-state index contributed by atoms with van der Waals surface area (Å²) in [5, 5.41) is 10.4. The molecule has 4 nitrogen and oxygen atoms in total. The topological polar surface area (TPSA) is 41.9 Å². The van der Waals surface area contributed by atoms with Gasteiger partial charge in [-0.1, -0.05) is 12.8 Å². The number of aliphatic hydroxyl groups is 1. The van der Waals surface area contributed by atoms with Crippen molar-refractivity contribution in [3.05, 3.63) is 0 Å². The predicted octanol–water partition coefficient (Wildman–Crippen LogP) is 1.13. The molecule has 1 saturated carbocycles. The Bertz CT molecular complexity index is 260. The first-order valence-electron chi connectivity index (χ1n) is 6.93. The number of likely N-dealkylation sites (tertiary alicyclic amines) is 1. The minimum Gasteiger partial charge on any atom is -0.389 e. The Balaban J connectivity index is 1.51. The van der Waals surface area contributed by atoms with Gasteiger partial charge in [0.25, 0.3) is 0 Å². The fourth-order valence-electron chi connectivity index (χ4n) is 3.44. The van der Waals surface area contributed by atoms with E-state index in [0.717, 1.165) is 58.5 Å². The van der Waals surface area contributed by atoms with E-state index in [2.05, 4.69) is 4.90 Å². The minimum atomic E-state index is -0.415. The van der Waals surface area contributed by atoms with E-state index >= 15 is 0 Å². The first-order chi connectivity index (χ1) is 8.20. The number of hydrogen-bond donors (Lipinski definition) is 1. The Morgan fingerprint density at radius 3 is 2.12 bits per heavy atom. The number of β-amino-alcohol motifs (C(OH)–C–C–N with tert-alkyl or cyclic N) is 1. The molecule has 0 atom stereocenters. The molecule has 1 aliphatic carbocycles. The van der Waals surface area contributed by atoms with Crippen LogP contribution in [0.5, 0.6) is 0 Å². The first kappa shape index (κ1) is 11.9. The minimum absolute atomic E-state index is 0.283. The molecule has 3 rings (SSSR count). The monoisotopic (exact) mass is 241 g/mol. The maximum atomic E-state index is 10.4. The SMILES string of the molecule is OC1(CN2CCC3(CC2)OCCO3)CCCC1. The van der Waals surface area contributed by atoms with Gasteiger partial charge in [0.05, 0.1) is 18.8 Å². The summed E-state index contributed by atoms with van der Waals surface area (Å²) in [4.78, 5) is 2.38. The first-order valence-corrected chi connectivity index (χ1v) is 6.93. The molecule has 2 aliphatic heterocycles. The number of nitrogens with zero attached hydrogens (tertiary/aromatic N) is 1. The third-order valence-corrected chi connectivity index (χ3v) is 4.48. The summed E-state index contributed by atoms with van der Waals surface area (Å²) < 4.78 is 11.4. The van der Waals surface area contributed by atoms with Crippen molar-refractivity contribution in [3.63, 3.8) is 0 Å². The predicted molar refractivity (Wildman–Crippen MR) is 63.7 cm³/mol. The zero-order chi connectivity index (χ0) is 11.8. The van der Waals surface area contributed by atoms with Gasteiger partial charge in [-0.05, 0) is 12.8 Å². The van der Waals surface area contributed by atoms with Crippen molar-refractivity contribution in [2.24, 2.45) is 0 Å². The Hall–Kier alpha value is -0.160. The van der Waals surface area contributed by atoms with Crippen LogP contribution in [-0.4, -0.2) is 54.2 Å². The molecule has 0 amide bonds. The van der Waals surface area contributed by atoms with E-state index in [9.17, 15) is 5.11 Å². The summed E-state index contributed by atoms with van der Waals surface area (Å²) in [6.07, 6.45) is 6.20. The molecule has 3 fully saturated rings. The molecular formula is C13H23NO3. The molecule has 0 aromatic rings. The van der Waals surface area contributed by atoms with Crippen LogP contribution in [-0.2, 0) is 9.47 Å². The zero-order valence-electron chi connectivity index (χ0n) is 10.5. The van der Waals surface area contributed by atoms with Gasteiger partial charge in [0.1, 0.15) is 0 Å². The highest BCUT2D eigenvalue weighted by atomic mass is 16.7. The summed E-state index contributed by atoms with van der Waals surface area (Å²) in [5.74, 6) is -0.283. The van der Waals surface area contributed by atoms with E-state index in [1.807, 2.05) is 0 Å². The van der Waals surface area contributed by atoms with Crippen LogP contribution in [0.3, 0.4) is 0 Å². The van der Waals surface area contributed by atoms with Crippen molar-refractivity contribution in [1.82, 2.24) is 4.90 Å². The van der Waals surface area contributed by atoms with Crippen LogP contribution < -0.4 is 0 Å². The Kier molecular flexibility index (Phi) is 3.15. The summed E-state index contributed by atoms with van der Waals surface area (Å²) in [6.45, 7) is 4.29. The molecule has 4 heteroatoms. The lowest BCUT2D eigenvalue weighted by molar-refractivity contribution is -0.188. The standard InChI is InChI=1S/C13H23NO3/c15-12(3-1-2-4-12)11-14-7-5-13(6-8-14)16-9-10-17-13/h15H,1-11H2. The van der Waals surface area contributed by atoms with Gasteiger partial charge in [0, 0.05) is 32.5 Å². The Morgan fingerprint density at radius 1 is 0.941 bits per heavy atom. The summed E-state index contributed by atoms with van der Waals surface area (Å²) >= 11 is 0. The van der Waals surface area contributed by atoms with Crippen molar-refractivity contribution < 1.29 is 14.6 Å².